The molecule has 2 nitrogen and oxygen atoms in total. The molecular weight excluding hydrogens is 136 g/mol. The number of hydrogen-bond donors (Lipinski definition) is 1. The van der Waals surface area contributed by atoms with Crippen molar-refractivity contribution in [3.63, 3.8) is 0 Å². The summed E-state index contributed by atoms with van der Waals surface area (Å²) in [5.74, 6) is 0. The molecule has 0 unspecified atom stereocenters. The van der Waals surface area contributed by atoms with E-state index in [1.165, 1.54) is 12.8 Å². The second-order valence-corrected chi connectivity index (χ2v) is 3.44. The van der Waals surface area contributed by atoms with Crippen LogP contribution in [0.1, 0.15) is 32.6 Å². The van der Waals surface area contributed by atoms with Crippen LogP contribution in [-0.2, 0) is 0 Å². The Labute approximate surface area is 68.6 Å². The fraction of sp³-hybridized carbons (Fsp3) is 0.889. The van der Waals surface area contributed by atoms with Crippen LogP contribution in [-0.4, -0.2) is 13.1 Å². The zero-order valence-electron chi connectivity index (χ0n) is 7.19. The van der Waals surface area contributed by atoms with Crippen LogP contribution in [0.3, 0.4) is 0 Å². The average molecular weight is 152 g/mol. The van der Waals surface area contributed by atoms with Gasteiger partial charge in [0.05, 0.1) is 6.07 Å². The summed E-state index contributed by atoms with van der Waals surface area (Å²) < 4.78 is 0. The second kappa shape index (κ2) is 3.73. The molecule has 0 aromatic heterocycles. The van der Waals surface area contributed by atoms with Crippen LogP contribution in [0.15, 0.2) is 0 Å². The molecule has 2 heteroatoms. The first-order valence-electron chi connectivity index (χ1n) is 4.41. The molecule has 0 radical (unpaired) electrons. The Morgan fingerprint density at radius 1 is 1.45 bits per heavy atom. The van der Waals surface area contributed by atoms with E-state index in [4.69, 9.17) is 5.26 Å². The van der Waals surface area contributed by atoms with Gasteiger partial charge in [-0.05, 0) is 37.8 Å². The molecule has 0 aromatic carbocycles. The van der Waals surface area contributed by atoms with E-state index in [1.807, 2.05) is 0 Å². The summed E-state index contributed by atoms with van der Waals surface area (Å²) in [4.78, 5) is 0. The smallest absolute Gasteiger partial charge is 0.0627 e. The van der Waals surface area contributed by atoms with Crippen molar-refractivity contribution in [2.24, 2.45) is 5.41 Å². The summed E-state index contributed by atoms with van der Waals surface area (Å²) in [6.07, 6.45) is 4.25. The van der Waals surface area contributed by atoms with Crippen molar-refractivity contribution in [3.8, 4) is 6.07 Å². The Bertz CT molecular complexity index is 151. The Morgan fingerprint density at radius 3 is 2.55 bits per heavy atom. The topological polar surface area (TPSA) is 35.8 Å². The van der Waals surface area contributed by atoms with Crippen molar-refractivity contribution in [1.29, 1.82) is 5.26 Å². The molecular formula is C9H16N2. The average Bonchev–Trinajstić information content (AvgIpc) is 2.07. The zero-order valence-corrected chi connectivity index (χ0v) is 7.19. The van der Waals surface area contributed by atoms with Gasteiger partial charge >= 0.3 is 0 Å². The minimum absolute atomic E-state index is 0.347. The lowest BCUT2D eigenvalue weighted by molar-refractivity contribution is 0.199. The van der Waals surface area contributed by atoms with E-state index in [0.29, 0.717) is 5.41 Å². The maximum Gasteiger partial charge on any atom is 0.0627 e. The number of nitriles is 1. The molecule has 62 valence electrons. The highest BCUT2D eigenvalue weighted by molar-refractivity contribution is 4.90. The molecule has 1 aliphatic rings. The van der Waals surface area contributed by atoms with Gasteiger partial charge in [-0.1, -0.05) is 6.92 Å². The van der Waals surface area contributed by atoms with Crippen molar-refractivity contribution in [3.05, 3.63) is 0 Å². The van der Waals surface area contributed by atoms with Crippen LogP contribution in [0, 0.1) is 16.7 Å². The first-order valence-corrected chi connectivity index (χ1v) is 4.41. The van der Waals surface area contributed by atoms with Gasteiger partial charge in [0, 0.05) is 6.42 Å². The fourth-order valence-corrected chi connectivity index (χ4v) is 1.78. The van der Waals surface area contributed by atoms with Crippen molar-refractivity contribution >= 4 is 0 Å². The van der Waals surface area contributed by atoms with Crippen molar-refractivity contribution in [2.75, 3.05) is 13.1 Å². The van der Waals surface area contributed by atoms with Gasteiger partial charge in [0.2, 0.25) is 0 Å². The summed E-state index contributed by atoms with van der Waals surface area (Å²) >= 11 is 0. The number of hydrogen-bond acceptors (Lipinski definition) is 2. The maximum absolute atomic E-state index is 8.64. The van der Waals surface area contributed by atoms with Crippen LogP contribution in [0.2, 0.25) is 0 Å². The lowest BCUT2D eigenvalue weighted by Gasteiger charge is -2.34. The van der Waals surface area contributed by atoms with Crippen molar-refractivity contribution in [2.45, 2.75) is 32.6 Å². The molecule has 0 spiro atoms. The maximum atomic E-state index is 8.64. The van der Waals surface area contributed by atoms with Crippen LogP contribution in [0.5, 0.6) is 0 Å². The molecule has 0 aromatic rings. The Morgan fingerprint density at radius 2 is 2.09 bits per heavy atom. The van der Waals surface area contributed by atoms with Crippen molar-refractivity contribution in [1.82, 2.24) is 5.32 Å². The minimum atomic E-state index is 0.347. The summed E-state index contributed by atoms with van der Waals surface area (Å²) in [7, 11) is 0. The highest BCUT2D eigenvalue weighted by Crippen LogP contribution is 2.35. The van der Waals surface area contributed by atoms with E-state index in [9.17, 15) is 0 Å². The molecule has 1 rings (SSSR count). The van der Waals surface area contributed by atoms with Crippen LogP contribution < -0.4 is 5.32 Å². The largest absolute Gasteiger partial charge is 0.317 e. The van der Waals surface area contributed by atoms with E-state index in [-0.39, 0.29) is 0 Å². The number of piperidine rings is 1. The SMILES string of the molecule is CCC1(CC#N)CCNCC1. The Hall–Kier alpha value is -0.550. The molecule has 0 amide bonds. The van der Waals surface area contributed by atoms with E-state index in [1.54, 1.807) is 0 Å². The monoisotopic (exact) mass is 152 g/mol. The number of rotatable bonds is 2. The van der Waals surface area contributed by atoms with Gasteiger partial charge in [-0.25, -0.2) is 0 Å². The van der Waals surface area contributed by atoms with Gasteiger partial charge in [-0.3, -0.25) is 0 Å². The number of nitrogens with zero attached hydrogens (tertiary/aromatic N) is 1. The first kappa shape index (κ1) is 8.55. The Kier molecular flexibility index (Phi) is 2.90. The molecule has 1 fully saturated rings. The van der Waals surface area contributed by atoms with Crippen LogP contribution in [0.25, 0.3) is 0 Å². The highest BCUT2D eigenvalue weighted by atomic mass is 14.9. The lowest BCUT2D eigenvalue weighted by Crippen LogP contribution is -2.36. The summed E-state index contributed by atoms with van der Waals surface area (Å²) in [6.45, 7) is 4.38. The van der Waals surface area contributed by atoms with E-state index < -0.39 is 0 Å². The quantitative estimate of drug-likeness (QED) is 0.653. The third-order valence-corrected chi connectivity index (χ3v) is 2.87. The van der Waals surface area contributed by atoms with E-state index in [2.05, 4.69) is 18.3 Å². The minimum Gasteiger partial charge on any atom is -0.317 e. The second-order valence-electron chi connectivity index (χ2n) is 3.44. The number of nitrogens with one attached hydrogen (secondary N) is 1. The van der Waals surface area contributed by atoms with Gasteiger partial charge in [0.1, 0.15) is 0 Å². The molecule has 0 bridgehead atoms. The molecule has 1 N–H and O–H groups in total. The molecule has 0 atom stereocenters. The molecule has 11 heavy (non-hydrogen) atoms. The van der Waals surface area contributed by atoms with Gasteiger partial charge in [0.25, 0.3) is 0 Å². The summed E-state index contributed by atoms with van der Waals surface area (Å²) in [5, 5.41) is 12.0. The standard InChI is InChI=1S/C9H16N2/c1-2-9(3-6-10)4-7-11-8-5-9/h11H,2-5,7-8H2,1H3. The van der Waals surface area contributed by atoms with E-state index >= 15 is 0 Å². The van der Waals surface area contributed by atoms with Crippen LogP contribution in [0.4, 0.5) is 0 Å². The molecule has 1 heterocycles. The van der Waals surface area contributed by atoms with E-state index in [0.717, 1.165) is 25.9 Å². The van der Waals surface area contributed by atoms with Crippen LogP contribution >= 0.6 is 0 Å². The van der Waals surface area contributed by atoms with Gasteiger partial charge < -0.3 is 5.32 Å². The zero-order chi connectivity index (χ0) is 8.16. The van der Waals surface area contributed by atoms with Gasteiger partial charge in [0.15, 0.2) is 0 Å². The molecule has 0 aliphatic carbocycles. The third-order valence-electron chi connectivity index (χ3n) is 2.87. The molecule has 0 saturated carbocycles. The highest BCUT2D eigenvalue weighted by Gasteiger charge is 2.29. The first-order chi connectivity index (χ1) is 5.33. The normalized spacial score (nSPS) is 22.5. The predicted molar refractivity (Wildman–Crippen MR) is 45.1 cm³/mol. The Balaban J connectivity index is 2.51. The van der Waals surface area contributed by atoms with Gasteiger partial charge in [-0.15, -0.1) is 0 Å². The lowest BCUT2D eigenvalue weighted by atomic mass is 9.74. The molecule has 1 saturated heterocycles. The van der Waals surface area contributed by atoms with Crippen molar-refractivity contribution < 1.29 is 0 Å². The fourth-order valence-electron chi connectivity index (χ4n) is 1.78. The third kappa shape index (κ3) is 1.94. The molecule has 1 aliphatic heterocycles. The van der Waals surface area contributed by atoms with Gasteiger partial charge in [-0.2, -0.15) is 5.26 Å². The summed E-state index contributed by atoms with van der Waals surface area (Å²) in [5.41, 5.74) is 0.347. The summed E-state index contributed by atoms with van der Waals surface area (Å²) in [6, 6.07) is 2.30. The predicted octanol–water partition coefficient (Wildman–Crippen LogP) is 1.68.